The van der Waals surface area contributed by atoms with Crippen molar-refractivity contribution in [2.45, 2.75) is 43.1 Å². The first-order valence-electron chi connectivity index (χ1n) is 6.90. The number of hydrogen-bond donors (Lipinski definition) is 2. The molecule has 0 aromatic heterocycles. The van der Waals surface area contributed by atoms with E-state index in [0.29, 0.717) is 23.4 Å². The van der Waals surface area contributed by atoms with Crippen molar-refractivity contribution in [3.8, 4) is 0 Å². The van der Waals surface area contributed by atoms with Gasteiger partial charge in [-0.2, -0.15) is 11.8 Å². The lowest BCUT2D eigenvalue weighted by molar-refractivity contribution is 0.166. The molecular formula is C15H22FNOS. The minimum Gasteiger partial charge on any atom is -0.387 e. The molecule has 3 unspecified atom stereocenters. The number of rotatable bonds is 5. The van der Waals surface area contributed by atoms with E-state index in [-0.39, 0.29) is 5.82 Å². The smallest absolute Gasteiger partial charge is 0.123 e. The van der Waals surface area contributed by atoms with Crippen LogP contribution in [0.25, 0.3) is 0 Å². The fourth-order valence-electron chi connectivity index (χ4n) is 2.71. The van der Waals surface area contributed by atoms with Crippen LogP contribution in [-0.4, -0.2) is 29.2 Å². The van der Waals surface area contributed by atoms with Crippen LogP contribution < -0.4 is 5.32 Å². The predicted octanol–water partition coefficient (Wildman–Crippen LogP) is 3.12. The number of aliphatic hydroxyl groups excluding tert-OH is 1. The highest BCUT2D eigenvalue weighted by molar-refractivity contribution is 7.99. The van der Waals surface area contributed by atoms with Crippen LogP contribution in [0.4, 0.5) is 4.39 Å². The van der Waals surface area contributed by atoms with Gasteiger partial charge in [0.25, 0.3) is 0 Å². The molecule has 0 radical (unpaired) electrons. The third-order valence-electron chi connectivity index (χ3n) is 3.81. The van der Waals surface area contributed by atoms with Crippen LogP contribution >= 0.6 is 11.8 Å². The Labute approximate surface area is 118 Å². The Kier molecular flexibility index (Phi) is 5.67. The van der Waals surface area contributed by atoms with Crippen molar-refractivity contribution in [1.29, 1.82) is 0 Å². The van der Waals surface area contributed by atoms with Crippen LogP contribution in [0.1, 0.15) is 37.4 Å². The van der Waals surface area contributed by atoms with Gasteiger partial charge in [-0.15, -0.1) is 0 Å². The lowest BCUT2D eigenvalue weighted by atomic mass is 9.94. The second-order valence-electron chi connectivity index (χ2n) is 5.14. The van der Waals surface area contributed by atoms with E-state index in [1.807, 2.05) is 11.8 Å². The number of hydrogen-bond acceptors (Lipinski definition) is 3. The van der Waals surface area contributed by atoms with Gasteiger partial charge >= 0.3 is 0 Å². The van der Waals surface area contributed by atoms with Gasteiger partial charge in [0.05, 0.1) is 6.10 Å². The zero-order chi connectivity index (χ0) is 13.7. The number of halogens is 1. The Morgan fingerprint density at radius 1 is 1.42 bits per heavy atom. The van der Waals surface area contributed by atoms with Crippen molar-refractivity contribution in [2.75, 3.05) is 12.8 Å². The first-order chi connectivity index (χ1) is 9.20. The van der Waals surface area contributed by atoms with E-state index >= 15 is 0 Å². The molecule has 3 atom stereocenters. The molecule has 0 amide bonds. The minimum atomic E-state index is -0.639. The summed E-state index contributed by atoms with van der Waals surface area (Å²) in [5.41, 5.74) is 0.643. The van der Waals surface area contributed by atoms with Crippen molar-refractivity contribution in [3.63, 3.8) is 0 Å². The van der Waals surface area contributed by atoms with Crippen LogP contribution in [0, 0.1) is 5.82 Å². The molecular weight excluding hydrogens is 261 g/mol. The summed E-state index contributed by atoms with van der Waals surface area (Å²) in [6, 6.07) is 6.67. The molecule has 2 nitrogen and oxygen atoms in total. The summed E-state index contributed by atoms with van der Waals surface area (Å²) in [5, 5.41) is 14.2. The van der Waals surface area contributed by atoms with Gasteiger partial charge in [-0.3, -0.25) is 0 Å². The highest BCUT2D eigenvalue weighted by Crippen LogP contribution is 2.27. The van der Waals surface area contributed by atoms with E-state index in [0.717, 1.165) is 0 Å². The van der Waals surface area contributed by atoms with Crippen LogP contribution in [0.2, 0.25) is 0 Å². The Hall–Kier alpha value is -0.580. The van der Waals surface area contributed by atoms with Crippen LogP contribution in [-0.2, 0) is 0 Å². The second kappa shape index (κ2) is 7.27. The molecule has 1 fully saturated rings. The van der Waals surface area contributed by atoms with Gasteiger partial charge in [0.1, 0.15) is 5.82 Å². The topological polar surface area (TPSA) is 32.3 Å². The maximum atomic E-state index is 13.1. The molecule has 1 aromatic rings. The molecule has 0 bridgehead atoms. The third-order valence-corrected chi connectivity index (χ3v) is 4.98. The van der Waals surface area contributed by atoms with E-state index in [2.05, 4.69) is 11.6 Å². The average Bonchev–Trinajstić information content (AvgIpc) is 2.45. The lowest BCUT2D eigenvalue weighted by Gasteiger charge is -2.31. The molecule has 2 N–H and O–H groups in total. The van der Waals surface area contributed by atoms with Crippen LogP contribution in [0.3, 0.4) is 0 Å². The normalized spacial score (nSPS) is 25.2. The summed E-state index contributed by atoms with van der Waals surface area (Å²) < 4.78 is 13.1. The van der Waals surface area contributed by atoms with Gasteiger partial charge in [0.2, 0.25) is 0 Å². The van der Waals surface area contributed by atoms with E-state index < -0.39 is 6.10 Å². The standard InChI is InChI=1S/C15H22FNOS/c1-19-15-8-3-2-7-13(15)17-10-14(18)11-5-4-6-12(16)9-11/h4-6,9,13-15,17-18H,2-3,7-8,10H2,1H3. The largest absolute Gasteiger partial charge is 0.387 e. The molecule has 1 aliphatic carbocycles. The summed E-state index contributed by atoms with van der Waals surface area (Å²) in [7, 11) is 0. The number of thioether (sulfide) groups is 1. The predicted molar refractivity (Wildman–Crippen MR) is 78.9 cm³/mol. The molecule has 4 heteroatoms. The van der Waals surface area contributed by atoms with Gasteiger partial charge in [-0.1, -0.05) is 25.0 Å². The SMILES string of the molecule is CSC1CCCCC1NCC(O)c1cccc(F)c1. The molecule has 19 heavy (non-hydrogen) atoms. The summed E-state index contributed by atoms with van der Waals surface area (Å²) in [5.74, 6) is -0.295. The third kappa shape index (κ3) is 4.20. The van der Waals surface area contributed by atoms with Crippen molar-refractivity contribution in [1.82, 2.24) is 5.32 Å². The monoisotopic (exact) mass is 283 g/mol. The molecule has 0 heterocycles. The van der Waals surface area contributed by atoms with E-state index in [9.17, 15) is 9.50 Å². The maximum absolute atomic E-state index is 13.1. The zero-order valence-electron chi connectivity index (χ0n) is 11.3. The van der Waals surface area contributed by atoms with Crippen molar-refractivity contribution in [3.05, 3.63) is 35.6 Å². The molecule has 0 saturated heterocycles. The van der Waals surface area contributed by atoms with Gasteiger partial charge in [0, 0.05) is 17.8 Å². The molecule has 0 spiro atoms. The highest BCUT2D eigenvalue weighted by atomic mass is 32.2. The van der Waals surface area contributed by atoms with Crippen molar-refractivity contribution in [2.24, 2.45) is 0 Å². The molecule has 1 aliphatic rings. The summed E-state index contributed by atoms with van der Waals surface area (Å²) in [6.45, 7) is 0.491. The maximum Gasteiger partial charge on any atom is 0.123 e. The summed E-state index contributed by atoms with van der Waals surface area (Å²) in [4.78, 5) is 0. The molecule has 1 aromatic carbocycles. The van der Waals surface area contributed by atoms with E-state index in [4.69, 9.17) is 0 Å². The number of nitrogens with one attached hydrogen (secondary N) is 1. The van der Waals surface area contributed by atoms with Gasteiger partial charge < -0.3 is 10.4 Å². The zero-order valence-corrected chi connectivity index (χ0v) is 12.1. The Bertz CT molecular complexity index is 401. The fourth-order valence-corrected chi connectivity index (χ4v) is 3.67. The Morgan fingerprint density at radius 3 is 2.95 bits per heavy atom. The fraction of sp³-hybridized carbons (Fsp3) is 0.600. The van der Waals surface area contributed by atoms with Gasteiger partial charge in [-0.05, 0) is 36.8 Å². The summed E-state index contributed by atoms with van der Waals surface area (Å²) in [6.07, 6.45) is 6.48. The first-order valence-corrected chi connectivity index (χ1v) is 8.19. The average molecular weight is 283 g/mol. The molecule has 1 saturated carbocycles. The van der Waals surface area contributed by atoms with Crippen molar-refractivity contribution < 1.29 is 9.50 Å². The molecule has 2 rings (SSSR count). The van der Waals surface area contributed by atoms with Gasteiger partial charge in [0.15, 0.2) is 0 Å². The number of benzene rings is 1. The van der Waals surface area contributed by atoms with Crippen LogP contribution in [0.5, 0.6) is 0 Å². The van der Waals surface area contributed by atoms with Crippen molar-refractivity contribution >= 4 is 11.8 Å². The van der Waals surface area contributed by atoms with Gasteiger partial charge in [-0.25, -0.2) is 4.39 Å². The van der Waals surface area contributed by atoms with E-state index in [1.165, 1.54) is 37.8 Å². The summed E-state index contributed by atoms with van der Waals surface area (Å²) >= 11 is 1.90. The molecule has 0 aliphatic heterocycles. The highest BCUT2D eigenvalue weighted by Gasteiger charge is 2.24. The Morgan fingerprint density at radius 2 is 2.21 bits per heavy atom. The lowest BCUT2D eigenvalue weighted by Crippen LogP contribution is -2.42. The van der Waals surface area contributed by atoms with Crippen LogP contribution in [0.15, 0.2) is 24.3 Å². The second-order valence-corrected chi connectivity index (χ2v) is 6.22. The molecule has 106 valence electrons. The first kappa shape index (κ1) is 14.8. The Balaban J connectivity index is 1.87. The minimum absolute atomic E-state index is 0.295. The van der Waals surface area contributed by atoms with E-state index in [1.54, 1.807) is 12.1 Å². The number of aliphatic hydroxyl groups is 1. The quantitative estimate of drug-likeness (QED) is 0.871.